The quantitative estimate of drug-likeness (QED) is 0.179. The van der Waals surface area contributed by atoms with Crippen LogP contribution in [0.4, 0.5) is 33.5 Å². The summed E-state index contributed by atoms with van der Waals surface area (Å²) in [6.07, 6.45) is -3.67. The van der Waals surface area contributed by atoms with Gasteiger partial charge in [-0.2, -0.15) is 37.0 Å². The predicted octanol–water partition coefficient (Wildman–Crippen LogP) is 5.89. The molecule has 54 heavy (non-hydrogen) atoms. The first kappa shape index (κ1) is 37.6. The number of anilines is 2. The number of hydrogen-bond donors (Lipinski definition) is 1. The van der Waals surface area contributed by atoms with E-state index in [9.17, 15) is 26.7 Å². The second kappa shape index (κ2) is 14.5. The van der Waals surface area contributed by atoms with E-state index >= 15 is 0 Å². The van der Waals surface area contributed by atoms with Crippen molar-refractivity contribution in [2.75, 3.05) is 51.0 Å². The lowest BCUT2D eigenvalue weighted by atomic mass is 9.91. The molecule has 4 aliphatic heterocycles. The van der Waals surface area contributed by atoms with Gasteiger partial charge in [-0.3, -0.25) is 14.4 Å². The Balaban J connectivity index is 1.27. The maximum Gasteiger partial charge on any atom is 0.417 e. The zero-order valence-electron chi connectivity index (χ0n) is 30.7. The number of carbonyl (C=O) groups excluding carboxylic acids is 1. The number of nitrogens with zero attached hydrogens (tertiary/aromatic N) is 7. The molecule has 2 N–H and O–H groups in total. The molecule has 16 heteroatoms. The van der Waals surface area contributed by atoms with Crippen molar-refractivity contribution in [1.82, 2.24) is 29.5 Å². The third kappa shape index (κ3) is 7.11. The van der Waals surface area contributed by atoms with Crippen molar-refractivity contribution >= 4 is 17.4 Å². The number of rotatable bonds is 7. The average Bonchev–Trinajstić information content (AvgIpc) is 3.68. The van der Waals surface area contributed by atoms with Crippen molar-refractivity contribution in [3.05, 3.63) is 69.2 Å². The normalized spacial score (nSPS) is 22.4. The fraction of sp³-hybridized carbons (Fsp3) is 0.526. The standard InChI is InChI=1S/C38H43F5N8O3/c1-5-8-24-14-25(44)15-26(32(24)38(41,42)43)30-16-28-27(20-53-30)34(49-10-7-12-51-29(19-49)22(2)33(47-51)35(52)48(3)4)46-36(45-28)54-21-37-9-6-11-50(37)18-23(17-37)13-31(39)40/h13-15,23,30H,6-7,9-12,16-21,44H2,1-4H3/t23?,30-,37?/m0/s1. The van der Waals surface area contributed by atoms with E-state index in [1.54, 1.807) is 14.1 Å². The average molecular weight is 755 g/mol. The smallest absolute Gasteiger partial charge is 0.417 e. The maximum absolute atomic E-state index is 14.6. The summed E-state index contributed by atoms with van der Waals surface area (Å²) in [7, 11) is 3.35. The monoisotopic (exact) mass is 754 g/mol. The van der Waals surface area contributed by atoms with Crippen LogP contribution in [0.5, 0.6) is 6.01 Å². The van der Waals surface area contributed by atoms with Gasteiger partial charge in [0.05, 0.1) is 41.7 Å². The van der Waals surface area contributed by atoms with Crippen LogP contribution < -0.4 is 15.4 Å². The van der Waals surface area contributed by atoms with Gasteiger partial charge in [-0.15, -0.1) is 5.92 Å². The Labute approximate surface area is 310 Å². The number of carbonyl (C=O) groups is 1. The molecule has 7 rings (SSSR count). The van der Waals surface area contributed by atoms with Gasteiger partial charge < -0.3 is 25.0 Å². The van der Waals surface area contributed by atoms with Gasteiger partial charge in [0.25, 0.3) is 12.0 Å². The summed E-state index contributed by atoms with van der Waals surface area (Å²) in [5, 5.41) is 4.64. The largest absolute Gasteiger partial charge is 0.461 e. The fourth-order valence-corrected chi connectivity index (χ4v) is 8.54. The molecule has 3 atom stereocenters. The highest BCUT2D eigenvalue weighted by atomic mass is 19.4. The molecule has 2 aromatic heterocycles. The second-order valence-electron chi connectivity index (χ2n) is 14.8. The summed E-state index contributed by atoms with van der Waals surface area (Å²) >= 11 is 0. The highest BCUT2D eigenvalue weighted by Crippen LogP contribution is 2.45. The molecule has 0 saturated carbocycles. The van der Waals surface area contributed by atoms with E-state index < -0.39 is 29.5 Å². The third-order valence-corrected chi connectivity index (χ3v) is 11.0. The molecule has 0 radical (unpaired) electrons. The molecule has 0 aliphatic carbocycles. The first-order chi connectivity index (χ1) is 25.7. The Morgan fingerprint density at radius 2 is 1.98 bits per heavy atom. The van der Waals surface area contributed by atoms with Gasteiger partial charge in [-0.05, 0) is 75.8 Å². The molecule has 2 saturated heterocycles. The van der Waals surface area contributed by atoms with Gasteiger partial charge in [0, 0.05) is 62.5 Å². The lowest BCUT2D eigenvalue weighted by Gasteiger charge is -2.33. The molecule has 0 bridgehead atoms. The molecule has 3 aromatic rings. The van der Waals surface area contributed by atoms with Crippen LogP contribution in [0.15, 0.2) is 24.3 Å². The van der Waals surface area contributed by atoms with Crippen LogP contribution >= 0.6 is 0 Å². The van der Waals surface area contributed by atoms with E-state index in [1.807, 2.05) is 16.5 Å². The van der Waals surface area contributed by atoms with Crippen molar-refractivity contribution < 1.29 is 36.2 Å². The Bertz CT molecular complexity index is 2050. The number of amides is 1. The molecule has 0 spiro atoms. The van der Waals surface area contributed by atoms with Crippen molar-refractivity contribution in [3.8, 4) is 17.9 Å². The van der Waals surface area contributed by atoms with Crippen LogP contribution in [-0.4, -0.2) is 81.3 Å². The zero-order valence-corrected chi connectivity index (χ0v) is 30.7. The van der Waals surface area contributed by atoms with Gasteiger partial charge in [-0.1, -0.05) is 5.92 Å². The summed E-state index contributed by atoms with van der Waals surface area (Å²) in [4.78, 5) is 28.4. The number of aromatic nitrogens is 4. The number of ether oxygens (including phenoxy) is 2. The van der Waals surface area contributed by atoms with E-state index in [2.05, 4.69) is 21.8 Å². The lowest BCUT2D eigenvalue weighted by Crippen LogP contribution is -2.43. The van der Waals surface area contributed by atoms with Gasteiger partial charge in [0.15, 0.2) is 5.69 Å². The van der Waals surface area contributed by atoms with E-state index in [0.29, 0.717) is 61.8 Å². The van der Waals surface area contributed by atoms with Crippen molar-refractivity contribution in [2.24, 2.45) is 5.92 Å². The summed E-state index contributed by atoms with van der Waals surface area (Å²) in [6.45, 7) is 6.13. The fourth-order valence-electron chi connectivity index (χ4n) is 8.54. The number of halogens is 5. The predicted molar refractivity (Wildman–Crippen MR) is 190 cm³/mol. The van der Waals surface area contributed by atoms with Crippen LogP contribution in [0.3, 0.4) is 0 Å². The van der Waals surface area contributed by atoms with E-state index in [1.165, 1.54) is 24.0 Å². The molecule has 2 fully saturated rings. The second-order valence-corrected chi connectivity index (χ2v) is 14.8. The molecule has 1 aromatic carbocycles. The number of nitrogen functional groups attached to an aromatic ring is 1. The SMILES string of the molecule is CC#Cc1cc(N)cc([C@@H]2Cc3nc(OCC45CCCN4CC(C=C(F)F)C5)nc(N4CCCn5nc(C(=O)N(C)C)c(C)c5C4)c3CO2)c1C(F)(F)F. The topological polar surface area (TPSA) is 115 Å². The number of benzene rings is 1. The third-order valence-electron chi connectivity index (χ3n) is 11.0. The Morgan fingerprint density at radius 1 is 1.19 bits per heavy atom. The van der Waals surface area contributed by atoms with E-state index in [0.717, 1.165) is 36.7 Å². The first-order valence-electron chi connectivity index (χ1n) is 18.1. The lowest BCUT2D eigenvalue weighted by molar-refractivity contribution is -0.140. The van der Waals surface area contributed by atoms with Crippen LogP contribution in [0.2, 0.25) is 0 Å². The van der Waals surface area contributed by atoms with Crippen molar-refractivity contribution in [1.29, 1.82) is 0 Å². The number of fused-ring (bicyclic) bond motifs is 3. The molecular formula is C38H43F5N8O3. The number of nitrogens with two attached hydrogens (primary N) is 1. The Kier molecular flexibility index (Phi) is 10.1. The molecular weight excluding hydrogens is 711 g/mol. The van der Waals surface area contributed by atoms with Crippen LogP contribution in [0.1, 0.15) is 88.4 Å². The summed E-state index contributed by atoms with van der Waals surface area (Å²) in [5.41, 5.74) is 7.53. The molecule has 288 valence electrons. The van der Waals surface area contributed by atoms with E-state index in [4.69, 9.17) is 25.2 Å². The van der Waals surface area contributed by atoms with Crippen molar-refractivity contribution in [3.63, 3.8) is 0 Å². The molecule has 2 unspecified atom stereocenters. The molecule has 11 nitrogen and oxygen atoms in total. The van der Waals surface area contributed by atoms with Crippen LogP contribution in [0, 0.1) is 24.7 Å². The van der Waals surface area contributed by atoms with E-state index in [-0.39, 0.29) is 54.3 Å². The first-order valence-corrected chi connectivity index (χ1v) is 18.1. The Hall–Kier alpha value is -4.75. The molecule has 6 heterocycles. The minimum absolute atomic E-state index is 0.0288. The number of aryl methyl sites for hydroxylation is 1. The van der Waals surface area contributed by atoms with Gasteiger partial charge in [0.1, 0.15) is 12.4 Å². The molecule has 4 aliphatic rings. The van der Waals surface area contributed by atoms with Crippen LogP contribution in [-0.2, 0) is 37.0 Å². The Morgan fingerprint density at radius 3 is 2.70 bits per heavy atom. The summed E-state index contributed by atoms with van der Waals surface area (Å²) < 4.78 is 84.8. The van der Waals surface area contributed by atoms with Gasteiger partial charge in [0.2, 0.25) is 0 Å². The number of hydrogen-bond acceptors (Lipinski definition) is 9. The maximum atomic E-state index is 14.6. The highest BCUT2D eigenvalue weighted by molar-refractivity contribution is 5.93. The number of alkyl halides is 3. The molecule has 1 amide bonds. The summed E-state index contributed by atoms with van der Waals surface area (Å²) in [5.74, 6) is 5.10. The van der Waals surface area contributed by atoms with Crippen molar-refractivity contribution in [2.45, 2.75) is 83.5 Å². The van der Waals surface area contributed by atoms with Gasteiger partial charge in [-0.25, -0.2) is 0 Å². The van der Waals surface area contributed by atoms with Gasteiger partial charge >= 0.3 is 12.2 Å². The summed E-state index contributed by atoms with van der Waals surface area (Å²) in [6, 6.07) is 2.54. The highest BCUT2D eigenvalue weighted by Gasteiger charge is 2.49. The minimum atomic E-state index is -4.73. The van der Waals surface area contributed by atoms with Crippen LogP contribution in [0.25, 0.3) is 0 Å². The minimum Gasteiger partial charge on any atom is -0.461 e. The zero-order chi connectivity index (χ0) is 38.5.